The lowest BCUT2D eigenvalue weighted by atomic mass is 9.93. The first-order valence-electron chi connectivity index (χ1n) is 8.37. The van der Waals surface area contributed by atoms with Crippen molar-refractivity contribution in [2.75, 3.05) is 18.4 Å². The van der Waals surface area contributed by atoms with Crippen LogP contribution in [-0.2, 0) is 4.79 Å². The molecule has 0 atom stereocenters. The molecule has 1 aliphatic heterocycles. The largest absolute Gasteiger partial charge is 0.382 e. The van der Waals surface area contributed by atoms with Crippen molar-refractivity contribution in [2.24, 2.45) is 5.41 Å². The number of amides is 1. The number of rotatable bonds is 3. The average molecular weight is 344 g/mol. The van der Waals surface area contributed by atoms with Crippen LogP contribution in [0, 0.1) is 5.41 Å². The van der Waals surface area contributed by atoms with Crippen LogP contribution in [0.2, 0.25) is 0 Å². The maximum Gasteiger partial charge on any atom is 0.227 e. The number of carbonyl (C=O) groups is 1. The molecule has 1 amide bonds. The highest BCUT2D eigenvalue weighted by Crippen LogP contribution is 2.24. The van der Waals surface area contributed by atoms with Crippen molar-refractivity contribution < 1.29 is 4.79 Å². The van der Waals surface area contributed by atoms with Crippen molar-refractivity contribution >= 4 is 23.1 Å². The van der Waals surface area contributed by atoms with Gasteiger partial charge in [0, 0.05) is 41.2 Å². The Morgan fingerprint density at radius 2 is 1.88 bits per heavy atom. The van der Waals surface area contributed by atoms with Gasteiger partial charge in [0.2, 0.25) is 5.91 Å². The molecule has 1 aromatic carbocycles. The second-order valence-corrected chi connectivity index (χ2v) is 7.94. The zero-order chi connectivity index (χ0) is 17.2. The quantitative estimate of drug-likeness (QED) is 0.923. The van der Waals surface area contributed by atoms with Crippen molar-refractivity contribution in [3.63, 3.8) is 0 Å². The Morgan fingerprint density at radius 1 is 1.21 bits per heavy atom. The highest BCUT2D eigenvalue weighted by molar-refractivity contribution is 7.03. The molecule has 0 bridgehead atoms. The Bertz CT molecular complexity index is 668. The molecule has 2 aromatic rings. The lowest BCUT2D eigenvalue weighted by Gasteiger charge is -2.36. The lowest BCUT2D eigenvalue weighted by molar-refractivity contribution is -0.140. The van der Waals surface area contributed by atoms with Crippen LogP contribution in [0.3, 0.4) is 0 Å². The summed E-state index contributed by atoms with van der Waals surface area (Å²) in [6, 6.07) is 8.72. The van der Waals surface area contributed by atoms with Crippen LogP contribution in [0.1, 0.15) is 33.6 Å². The molecule has 1 aromatic heterocycles. The van der Waals surface area contributed by atoms with Crippen LogP contribution in [0.15, 0.2) is 29.6 Å². The number of hydrogen-bond donors (Lipinski definition) is 1. The number of nitrogens with one attached hydrogen (secondary N) is 1. The summed E-state index contributed by atoms with van der Waals surface area (Å²) in [7, 11) is 0. The van der Waals surface area contributed by atoms with Gasteiger partial charge in [-0.25, -0.2) is 0 Å². The fourth-order valence-electron chi connectivity index (χ4n) is 2.96. The molecule has 1 saturated heterocycles. The third-order valence-electron chi connectivity index (χ3n) is 4.34. The molecule has 0 aliphatic carbocycles. The standard InChI is InChI=1S/C18H24N4OS/c1-18(2,3)17(23)22-10-8-15(9-11-22)19-14-6-4-13(5-7-14)16-12-24-21-20-16/h4-7,12,15,19H,8-11H2,1-3H3. The Balaban J connectivity index is 1.54. The van der Waals surface area contributed by atoms with Crippen molar-refractivity contribution in [3.8, 4) is 11.3 Å². The Kier molecular flexibility index (Phi) is 4.85. The van der Waals surface area contributed by atoms with Crippen molar-refractivity contribution in [1.82, 2.24) is 14.5 Å². The third-order valence-corrected chi connectivity index (χ3v) is 4.84. The summed E-state index contributed by atoms with van der Waals surface area (Å²) in [6.07, 6.45) is 1.97. The zero-order valence-corrected chi connectivity index (χ0v) is 15.3. The van der Waals surface area contributed by atoms with Gasteiger partial charge in [0.15, 0.2) is 0 Å². The molecular formula is C18H24N4OS. The molecule has 0 unspecified atom stereocenters. The van der Waals surface area contributed by atoms with Crippen LogP contribution >= 0.6 is 11.5 Å². The van der Waals surface area contributed by atoms with Gasteiger partial charge in [-0.1, -0.05) is 37.4 Å². The number of benzene rings is 1. The number of piperidine rings is 1. The fraction of sp³-hybridized carbons (Fsp3) is 0.500. The highest BCUT2D eigenvalue weighted by atomic mass is 32.1. The predicted molar refractivity (Wildman–Crippen MR) is 98.0 cm³/mol. The highest BCUT2D eigenvalue weighted by Gasteiger charge is 2.30. The molecule has 6 heteroatoms. The van der Waals surface area contributed by atoms with Crippen LogP contribution in [0.4, 0.5) is 5.69 Å². The van der Waals surface area contributed by atoms with E-state index in [0.717, 1.165) is 42.9 Å². The first kappa shape index (κ1) is 16.9. The third kappa shape index (κ3) is 3.93. The normalized spacial score (nSPS) is 16.2. The van der Waals surface area contributed by atoms with E-state index in [4.69, 9.17) is 0 Å². The molecule has 0 spiro atoms. The second-order valence-electron chi connectivity index (χ2n) is 7.33. The van der Waals surface area contributed by atoms with Crippen LogP contribution in [0.5, 0.6) is 0 Å². The van der Waals surface area contributed by atoms with E-state index in [9.17, 15) is 4.79 Å². The first-order chi connectivity index (χ1) is 11.4. The molecule has 2 heterocycles. The summed E-state index contributed by atoms with van der Waals surface area (Å²) in [5.74, 6) is 0.252. The molecule has 1 fully saturated rings. The number of likely N-dealkylation sites (tertiary alicyclic amines) is 1. The molecule has 24 heavy (non-hydrogen) atoms. The summed E-state index contributed by atoms with van der Waals surface area (Å²) in [6.45, 7) is 7.62. The van der Waals surface area contributed by atoms with Gasteiger partial charge in [-0.3, -0.25) is 4.79 Å². The minimum atomic E-state index is -0.291. The molecule has 1 aliphatic rings. The topological polar surface area (TPSA) is 58.1 Å². The molecule has 5 nitrogen and oxygen atoms in total. The monoisotopic (exact) mass is 344 g/mol. The van der Waals surface area contributed by atoms with Crippen LogP contribution < -0.4 is 5.32 Å². The number of carbonyl (C=O) groups excluding carboxylic acids is 1. The van der Waals surface area contributed by atoms with Gasteiger partial charge in [-0.05, 0) is 36.5 Å². The lowest BCUT2D eigenvalue weighted by Crippen LogP contribution is -2.46. The van der Waals surface area contributed by atoms with E-state index in [1.165, 1.54) is 11.5 Å². The Morgan fingerprint density at radius 3 is 2.42 bits per heavy atom. The van der Waals surface area contributed by atoms with Crippen molar-refractivity contribution in [1.29, 1.82) is 0 Å². The van der Waals surface area contributed by atoms with Crippen molar-refractivity contribution in [3.05, 3.63) is 29.6 Å². The Labute approximate surface area is 147 Å². The van der Waals surface area contributed by atoms with E-state index in [2.05, 4.69) is 39.2 Å². The van der Waals surface area contributed by atoms with Crippen LogP contribution in [-0.4, -0.2) is 39.5 Å². The van der Waals surface area contributed by atoms with Gasteiger partial charge in [-0.15, -0.1) is 5.10 Å². The summed E-state index contributed by atoms with van der Waals surface area (Å²) in [5, 5.41) is 9.62. The predicted octanol–water partition coefficient (Wildman–Crippen LogP) is 3.65. The smallest absolute Gasteiger partial charge is 0.227 e. The van der Waals surface area contributed by atoms with Crippen LogP contribution in [0.25, 0.3) is 11.3 Å². The number of nitrogens with zero attached hydrogens (tertiary/aromatic N) is 3. The molecule has 3 rings (SSSR count). The number of anilines is 1. The maximum absolute atomic E-state index is 12.3. The number of hydrogen-bond acceptors (Lipinski definition) is 5. The molecule has 0 saturated carbocycles. The van der Waals surface area contributed by atoms with Gasteiger partial charge in [0.05, 0.1) is 0 Å². The van der Waals surface area contributed by atoms with Gasteiger partial charge >= 0.3 is 0 Å². The molecular weight excluding hydrogens is 320 g/mol. The zero-order valence-electron chi connectivity index (χ0n) is 14.5. The minimum absolute atomic E-state index is 0.252. The fourth-order valence-corrected chi connectivity index (χ4v) is 3.43. The molecule has 1 N–H and O–H groups in total. The van der Waals surface area contributed by atoms with Gasteiger partial charge < -0.3 is 10.2 Å². The SMILES string of the molecule is CC(C)(C)C(=O)N1CCC(Nc2ccc(-c3csnn3)cc2)CC1. The summed E-state index contributed by atoms with van der Waals surface area (Å²) in [5.41, 5.74) is 2.82. The summed E-state index contributed by atoms with van der Waals surface area (Å²) < 4.78 is 3.90. The second kappa shape index (κ2) is 6.89. The van der Waals surface area contributed by atoms with Crippen molar-refractivity contribution in [2.45, 2.75) is 39.7 Å². The molecule has 0 radical (unpaired) electrons. The summed E-state index contributed by atoms with van der Waals surface area (Å²) >= 11 is 1.36. The van der Waals surface area contributed by atoms with E-state index >= 15 is 0 Å². The van der Waals surface area contributed by atoms with Gasteiger partial charge in [-0.2, -0.15) is 0 Å². The van der Waals surface area contributed by atoms with E-state index in [0.29, 0.717) is 6.04 Å². The van der Waals surface area contributed by atoms with E-state index < -0.39 is 0 Å². The summed E-state index contributed by atoms with van der Waals surface area (Å²) in [4.78, 5) is 14.3. The maximum atomic E-state index is 12.3. The van der Waals surface area contributed by atoms with E-state index in [1.54, 1.807) is 0 Å². The minimum Gasteiger partial charge on any atom is -0.382 e. The molecule has 128 valence electrons. The van der Waals surface area contributed by atoms with E-state index in [1.807, 2.05) is 31.1 Å². The van der Waals surface area contributed by atoms with E-state index in [-0.39, 0.29) is 11.3 Å². The number of aromatic nitrogens is 2. The van der Waals surface area contributed by atoms with Gasteiger partial charge in [0.25, 0.3) is 0 Å². The average Bonchev–Trinajstić information content (AvgIpc) is 3.09. The Hall–Kier alpha value is -1.95. The first-order valence-corrected chi connectivity index (χ1v) is 9.20. The van der Waals surface area contributed by atoms with Gasteiger partial charge in [0.1, 0.15) is 5.69 Å².